The second kappa shape index (κ2) is 10.8. The second-order valence-corrected chi connectivity index (χ2v) is 7.03. The van der Waals surface area contributed by atoms with Crippen LogP contribution in [-0.2, 0) is 6.42 Å². The van der Waals surface area contributed by atoms with E-state index in [0.29, 0.717) is 30.0 Å². The van der Waals surface area contributed by atoms with Crippen molar-refractivity contribution in [1.82, 2.24) is 0 Å². The number of hydrogen-bond acceptors (Lipinski definition) is 3. The number of aryl methyl sites for hydroxylation is 1. The minimum absolute atomic E-state index is 0.290. The van der Waals surface area contributed by atoms with Crippen LogP contribution in [0.25, 0.3) is 11.1 Å². The number of halogens is 5. The van der Waals surface area contributed by atoms with Crippen LogP contribution in [0.5, 0.6) is 11.5 Å². The van der Waals surface area contributed by atoms with Crippen molar-refractivity contribution in [3.63, 3.8) is 0 Å². The average Bonchev–Trinajstić information content (AvgIpc) is 2.76. The fourth-order valence-electron chi connectivity index (χ4n) is 3.05. The standard InChI is InChI=1S/C25H19F5O3/c1-2-3-15-4-6-16(7-5-15)17-8-9-19(20(26)12-17)25(31)33-18-13-21(27)24(22(28)14-18)32-11-10-23(29)30/h4-14,23H,2-3H2,1H3/b11-10+. The van der Waals surface area contributed by atoms with E-state index in [4.69, 9.17) is 4.74 Å². The zero-order valence-corrected chi connectivity index (χ0v) is 17.5. The molecule has 3 nitrogen and oxygen atoms in total. The maximum atomic E-state index is 14.6. The predicted octanol–water partition coefficient (Wildman–Crippen LogP) is 7.10. The van der Waals surface area contributed by atoms with Gasteiger partial charge in [0.1, 0.15) is 11.6 Å². The first kappa shape index (κ1) is 24.0. The van der Waals surface area contributed by atoms with Gasteiger partial charge < -0.3 is 9.47 Å². The van der Waals surface area contributed by atoms with Crippen LogP contribution in [0.3, 0.4) is 0 Å². The van der Waals surface area contributed by atoms with Crippen LogP contribution in [0.15, 0.2) is 66.9 Å². The molecule has 0 aliphatic carbocycles. The summed E-state index contributed by atoms with van der Waals surface area (Å²) in [6.45, 7) is 2.07. The van der Waals surface area contributed by atoms with Gasteiger partial charge in [0.2, 0.25) is 0 Å². The van der Waals surface area contributed by atoms with Gasteiger partial charge in [-0.05, 0) is 35.2 Å². The Bertz CT molecular complexity index is 1130. The van der Waals surface area contributed by atoms with Crippen LogP contribution < -0.4 is 9.47 Å². The zero-order valence-electron chi connectivity index (χ0n) is 17.5. The monoisotopic (exact) mass is 462 g/mol. The van der Waals surface area contributed by atoms with Crippen molar-refractivity contribution in [2.24, 2.45) is 0 Å². The average molecular weight is 462 g/mol. The molecule has 8 heteroatoms. The minimum atomic E-state index is -2.86. The van der Waals surface area contributed by atoms with Gasteiger partial charge in [-0.25, -0.2) is 26.7 Å². The molecule has 0 radical (unpaired) electrons. The topological polar surface area (TPSA) is 35.5 Å². The van der Waals surface area contributed by atoms with Gasteiger partial charge in [-0.2, -0.15) is 0 Å². The molecule has 0 saturated heterocycles. The summed E-state index contributed by atoms with van der Waals surface area (Å²) in [5.74, 6) is -6.11. The Morgan fingerprint density at radius 2 is 1.55 bits per heavy atom. The molecule has 0 heterocycles. The molecule has 3 rings (SSSR count). The summed E-state index contributed by atoms with van der Waals surface area (Å²) in [5, 5.41) is 0. The molecule has 0 saturated carbocycles. The van der Waals surface area contributed by atoms with Gasteiger partial charge in [0.05, 0.1) is 11.8 Å². The smallest absolute Gasteiger partial charge is 0.346 e. The lowest BCUT2D eigenvalue weighted by Gasteiger charge is -2.10. The number of carbonyl (C=O) groups excluding carboxylic acids is 1. The molecular weight excluding hydrogens is 443 g/mol. The van der Waals surface area contributed by atoms with E-state index in [1.165, 1.54) is 18.2 Å². The number of ether oxygens (including phenoxy) is 2. The number of hydrogen-bond donors (Lipinski definition) is 0. The fraction of sp³-hybridized carbons (Fsp3) is 0.160. The van der Waals surface area contributed by atoms with E-state index in [1.807, 2.05) is 24.3 Å². The molecule has 33 heavy (non-hydrogen) atoms. The van der Waals surface area contributed by atoms with Gasteiger partial charge in [0.25, 0.3) is 6.43 Å². The first-order valence-electron chi connectivity index (χ1n) is 10.00. The summed E-state index contributed by atoms with van der Waals surface area (Å²) in [6.07, 6.45) is -0.201. The molecule has 0 atom stereocenters. The first-order valence-corrected chi connectivity index (χ1v) is 10.00. The van der Waals surface area contributed by atoms with E-state index in [-0.39, 0.29) is 0 Å². The molecule has 0 aliphatic heterocycles. The van der Waals surface area contributed by atoms with Crippen LogP contribution in [0, 0.1) is 17.5 Å². The molecule has 172 valence electrons. The largest absolute Gasteiger partial charge is 0.459 e. The zero-order chi connectivity index (χ0) is 24.0. The summed E-state index contributed by atoms with van der Waals surface area (Å²) in [5.41, 5.74) is 2.03. The van der Waals surface area contributed by atoms with E-state index in [1.54, 1.807) is 0 Å². The van der Waals surface area contributed by atoms with Crippen LogP contribution in [0.2, 0.25) is 0 Å². The van der Waals surface area contributed by atoms with Crippen molar-refractivity contribution in [2.75, 3.05) is 0 Å². The van der Waals surface area contributed by atoms with Crippen molar-refractivity contribution in [3.8, 4) is 22.6 Å². The van der Waals surface area contributed by atoms with Gasteiger partial charge >= 0.3 is 5.97 Å². The van der Waals surface area contributed by atoms with Crippen molar-refractivity contribution in [2.45, 2.75) is 26.2 Å². The van der Waals surface area contributed by atoms with E-state index in [2.05, 4.69) is 11.7 Å². The third-order valence-electron chi connectivity index (χ3n) is 4.61. The number of rotatable bonds is 8. The summed E-state index contributed by atoms with van der Waals surface area (Å²) in [6, 6.07) is 12.7. The third-order valence-corrected chi connectivity index (χ3v) is 4.61. The molecule has 0 N–H and O–H groups in total. The van der Waals surface area contributed by atoms with Crippen LogP contribution in [-0.4, -0.2) is 12.4 Å². The molecule has 0 unspecified atom stereocenters. The summed E-state index contributed by atoms with van der Waals surface area (Å²) < 4.78 is 76.2. The highest BCUT2D eigenvalue weighted by molar-refractivity contribution is 5.92. The highest BCUT2D eigenvalue weighted by atomic mass is 19.3. The van der Waals surface area contributed by atoms with Gasteiger partial charge in [-0.15, -0.1) is 0 Å². The van der Waals surface area contributed by atoms with Crippen molar-refractivity contribution in [1.29, 1.82) is 0 Å². The summed E-state index contributed by atoms with van der Waals surface area (Å²) >= 11 is 0. The van der Waals surface area contributed by atoms with Gasteiger partial charge in [-0.1, -0.05) is 43.7 Å². The molecule has 0 aliphatic rings. The molecular formula is C25H19F5O3. The number of carbonyl (C=O) groups is 1. The van der Waals surface area contributed by atoms with Crippen molar-refractivity contribution in [3.05, 3.63) is 95.5 Å². The molecule has 0 bridgehead atoms. The maximum absolute atomic E-state index is 14.6. The Morgan fingerprint density at radius 3 is 2.12 bits per heavy atom. The molecule has 0 aromatic heterocycles. The predicted molar refractivity (Wildman–Crippen MR) is 113 cm³/mol. The highest BCUT2D eigenvalue weighted by Gasteiger charge is 2.19. The maximum Gasteiger partial charge on any atom is 0.346 e. The van der Waals surface area contributed by atoms with E-state index in [0.717, 1.165) is 24.0 Å². The summed E-state index contributed by atoms with van der Waals surface area (Å²) in [4.78, 5) is 12.3. The number of esters is 1. The molecule has 3 aromatic carbocycles. The number of benzene rings is 3. The first-order chi connectivity index (χ1) is 15.8. The molecule has 3 aromatic rings. The fourth-order valence-corrected chi connectivity index (χ4v) is 3.05. The lowest BCUT2D eigenvalue weighted by Crippen LogP contribution is -2.11. The highest BCUT2D eigenvalue weighted by Crippen LogP contribution is 2.29. The Kier molecular flexibility index (Phi) is 7.82. The second-order valence-electron chi connectivity index (χ2n) is 7.03. The molecule has 0 amide bonds. The van der Waals surface area contributed by atoms with Gasteiger partial charge in [0.15, 0.2) is 17.4 Å². The van der Waals surface area contributed by atoms with Crippen molar-refractivity contribution >= 4 is 5.97 Å². The Morgan fingerprint density at radius 1 is 0.909 bits per heavy atom. The van der Waals surface area contributed by atoms with Gasteiger partial charge in [-0.3, -0.25) is 0 Å². The normalized spacial score (nSPS) is 11.2. The number of allylic oxidation sites excluding steroid dienone is 1. The van der Waals surface area contributed by atoms with E-state index < -0.39 is 46.9 Å². The van der Waals surface area contributed by atoms with E-state index >= 15 is 0 Å². The molecule has 0 spiro atoms. The SMILES string of the molecule is CCCc1ccc(-c2ccc(C(=O)Oc3cc(F)c(O/C=C/C(F)F)c(F)c3)c(F)c2)cc1. The van der Waals surface area contributed by atoms with Gasteiger partial charge in [0, 0.05) is 18.2 Å². The van der Waals surface area contributed by atoms with Crippen molar-refractivity contribution < 1.29 is 36.2 Å². The molecule has 0 fully saturated rings. The van der Waals surface area contributed by atoms with Crippen LogP contribution in [0.4, 0.5) is 22.0 Å². The summed E-state index contributed by atoms with van der Waals surface area (Å²) in [7, 11) is 0. The third kappa shape index (κ3) is 6.19. The Hall–Kier alpha value is -3.68. The van der Waals surface area contributed by atoms with E-state index in [9.17, 15) is 26.7 Å². The number of alkyl halides is 2. The van der Waals surface area contributed by atoms with Crippen LogP contribution in [0.1, 0.15) is 29.3 Å². The quantitative estimate of drug-likeness (QED) is 0.155. The lowest BCUT2D eigenvalue weighted by atomic mass is 10.0. The Balaban J connectivity index is 1.75. The lowest BCUT2D eigenvalue weighted by molar-refractivity contribution is 0.0728. The van der Waals surface area contributed by atoms with Crippen LogP contribution >= 0.6 is 0 Å². The minimum Gasteiger partial charge on any atom is -0.459 e. The Labute approximate surface area is 187 Å².